The van der Waals surface area contributed by atoms with Crippen LogP contribution in [0.5, 0.6) is 0 Å². The summed E-state index contributed by atoms with van der Waals surface area (Å²) in [6, 6.07) is 6.70. The molecule has 1 aromatic carbocycles. The van der Waals surface area contributed by atoms with Crippen molar-refractivity contribution in [1.29, 1.82) is 0 Å². The molecular formula is C13H12ClN3O4. The average molecular weight is 310 g/mol. The summed E-state index contributed by atoms with van der Waals surface area (Å²) >= 11 is 5.87. The number of benzene rings is 1. The zero-order valence-electron chi connectivity index (χ0n) is 11.4. The van der Waals surface area contributed by atoms with Crippen molar-refractivity contribution in [2.45, 2.75) is 13.5 Å². The summed E-state index contributed by atoms with van der Waals surface area (Å²) in [5.74, 6) is -0.782. The van der Waals surface area contributed by atoms with Gasteiger partial charge in [-0.05, 0) is 29.5 Å². The first-order valence-electron chi connectivity index (χ1n) is 5.98. The normalized spacial score (nSPS) is 10.4. The molecule has 0 aliphatic carbocycles. The Kier molecular flexibility index (Phi) is 4.23. The Bertz CT molecular complexity index is 694. The number of hydrogen-bond acceptors (Lipinski definition) is 5. The Morgan fingerprint density at radius 2 is 2.05 bits per heavy atom. The zero-order valence-corrected chi connectivity index (χ0v) is 12.1. The molecule has 0 aliphatic heterocycles. The quantitative estimate of drug-likeness (QED) is 0.492. The maximum atomic E-state index is 11.3. The molecule has 0 fully saturated rings. The average Bonchev–Trinajstić information content (AvgIpc) is 2.76. The fourth-order valence-corrected chi connectivity index (χ4v) is 2.02. The predicted molar refractivity (Wildman–Crippen MR) is 75.5 cm³/mol. The first-order chi connectivity index (χ1) is 9.93. The molecule has 2 aromatic rings. The minimum Gasteiger partial charge on any atom is -0.465 e. The number of carbonyl (C=O) groups excluding carboxylic acids is 1. The summed E-state index contributed by atoms with van der Waals surface area (Å²) in [7, 11) is 1.31. The highest BCUT2D eigenvalue weighted by Crippen LogP contribution is 2.26. The van der Waals surface area contributed by atoms with Crippen molar-refractivity contribution in [1.82, 2.24) is 9.78 Å². The number of carbonyl (C=O) groups is 1. The van der Waals surface area contributed by atoms with Gasteiger partial charge in [-0.1, -0.05) is 23.7 Å². The molecule has 8 heteroatoms. The summed E-state index contributed by atoms with van der Waals surface area (Å²) in [5.41, 5.74) is 1.78. The van der Waals surface area contributed by atoms with Crippen LogP contribution < -0.4 is 0 Å². The largest absolute Gasteiger partial charge is 0.465 e. The maximum absolute atomic E-state index is 11.3. The van der Waals surface area contributed by atoms with Gasteiger partial charge in [-0.25, -0.2) is 4.79 Å². The highest BCUT2D eigenvalue weighted by atomic mass is 35.5. The van der Waals surface area contributed by atoms with Gasteiger partial charge in [-0.2, -0.15) is 4.68 Å². The Morgan fingerprint density at radius 1 is 1.43 bits per heavy atom. The number of esters is 1. The highest BCUT2D eigenvalue weighted by molar-refractivity contribution is 6.33. The molecule has 0 saturated heterocycles. The third-order valence-electron chi connectivity index (χ3n) is 3.00. The summed E-state index contributed by atoms with van der Waals surface area (Å²) in [5, 5.41) is 14.7. The van der Waals surface area contributed by atoms with Gasteiger partial charge in [0.15, 0.2) is 5.02 Å². The van der Waals surface area contributed by atoms with Crippen LogP contribution in [0.3, 0.4) is 0 Å². The minimum atomic E-state index is -0.619. The van der Waals surface area contributed by atoms with Crippen LogP contribution in [0, 0.1) is 17.0 Å². The van der Waals surface area contributed by atoms with Gasteiger partial charge in [-0.15, -0.1) is 0 Å². The van der Waals surface area contributed by atoms with E-state index in [1.165, 1.54) is 11.8 Å². The van der Waals surface area contributed by atoms with E-state index in [1.54, 1.807) is 31.2 Å². The van der Waals surface area contributed by atoms with Crippen molar-refractivity contribution in [3.63, 3.8) is 0 Å². The van der Waals surface area contributed by atoms with E-state index in [0.717, 1.165) is 5.56 Å². The van der Waals surface area contributed by atoms with E-state index in [2.05, 4.69) is 9.84 Å². The predicted octanol–water partition coefficient (Wildman–Crippen LogP) is 2.59. The molecule has 110 valence electrons. The fourth-order valence-electron chi connectivity index (χ4n) is 1.82. The minimum absolute atomic E-state index is 0.0335. The SMILES string of the molecule is COC(=O)c1ccc(Cn2nc([N+](=O)[O-])c(Cl)c2C)cc1. The number of hydrogen-bond donors (Lipinski definition) is 0. The highest BCUT2D eigenvalue weighted by Gasteiger charge is 2.23. The van der Waals surface area contributed by atoms with Crippen LogP contribution in [0.15, 0.2) is 24.3 Å². The van der Waals surface area contributed by atoms with Gasteiger partial charge in [0.2, 0.25) is 0 Å². The number of ether oxygens (including phenoxy) is 1. The molecule has 0 N–H and O–H groups in total. The Balaban J connectivity index is 2.24. The lowest BCUT2D eigenvalue weighted by Gasteiger charge is -2.03. The summed E-state index contributed by atoms with van der Waals surface area (Å²) < 4.78 is 6.06. The standard InChI is InChI=1S/C13H12ClN3O4/c1-8-11(14)12(17(19)20)15-16(8)7-9-3-5-10(6-4-9)13(18)21-2/h3-6H,7H2,1-2H3. The van der Waals surface area contributed by atoms with Crippen molar-refractivity contribution in [3.8, 4) is 0 Å². The van der Waals surface area contributed by atoms with E-state index in [1.807, 2.05) is 0 Å². The Labute approximate surface area is 125 Å². The molecule has 0 aliphatic rings. The van der Waals surface area contributed by atoms with E-state index < -0.39 is 10.9 Å². The van der Waals surface area contributed by atoms with Crippen LogP contribution in [0.2, 0.25) is 5.02 Å². The van der Waals surface area contributed by atoms with E-state index in [4.69, 9.17) is 11.6 Å². The summed E-state index contributed by atoms with van der Waals surface area (Å²) in [4.78, 5) is 21.5. The zero-order chi connectivity index (χ0) is 15.6. The number of rotatable bonds is 4. The molecule has 21 heavy (non-hydrogen) atoms. The lowest BCUT2D eigenvalue weighted by atomic mass is 10.1. The molecule has 7 nitrogen and oxygen atoms in total. The van der Waals surface area contributed by atoms with E-state index in [0.29, 0.717) is 17.8 Å². The number of aromatic nitrogens is 2. The molecule has 0 radical (unpaired) electrons. The monoisotopic (exact) mass is 309 g/mol. The maximum Gasteiger partial charge on any atom is 0.408 e. The van der Waals surface area contributed by atoms with Crippen LogP contribution in [0.1, 0.15) is 21.6 Å². The van der Waals surface area contributed by atoms with E-state index in [9.17, 15) is 14.9 Å². The van der Waals surface area contributed by atoms with Gasteiger partial charge in [0.05, 0.1) is 30.0 Å². The van der Waals surface area contributed by atoms with E-state index >= 15 is 0 Å². The van der Waals surface area contributed by atoms with Crippen LogP contribution in [0.4, 0.5) is 5.82 Å². The molecule has 0 atom stereocenters. The third kappa shape index (κ3) is 3.03. The van der Waals surface area contributed by atoms with Crippen molar-refractivity contribution < 1.29 is 14.5 Å². The second kappa shape index (κ2) is 5.92. The first kappa shape index (κ1) is 15.0. The molecule has 0 unspecified atom stereocenters. The molecule has 2 rings (SSSR count). The number of methoxy groups -OCH3 is 1. The molecule has 1 aromatic heterocycles. The van der Waals surface area contributed by atoms with Crippen molar-refractivity contribution in [2.75, 3.05) is 7.11 Å². The van der Waals surface area contributed by atoms with Gasteiger partial charge < -0.3 is 14.9 Å². The number of nitro groups is 1. The second-order valence-corrected chi connectivity index (χ2v) is 4.70. The van der Waals surface area contributed by atoms with Crippen molar-refractivity contribution in [3.05, 3.63) is 56.2 Å². The Morgan fingerprint density at radius 3 is 2.52 bits per heavy atom. The van der Waals surface area contributed by atoms with Gasteiger partial charge in [0.1, 0.15) is 0 Å². The van der Waals surface area contributed by atoms with Crippen LogP contribution in [-0.4, -0.2) is 27.8 Å². The second-order valence-electron chi connectivity index (χ2n) is 4.33. The topological polar surface area (TPSA) is 87.3 Å². The first-order valence-corrected chi connectivity index (χ1v) is 6.36. The van der Waals surface area contributed by atoms with Crippen LogP contribution in [-0.2, 0) is 11.3 Å². The smallest absolute Gasteiger partial charge is 0.408 e. The molecule has 0 bridgehead atoms. The van der Waals surface area contributed by atoms with Gasteiger partial charge in [0.25, 0.3) is 0 Å². The van der Waals surface area contributed by atoms with Gasteiger partial charge in [0, 0.05) is 0 Å². The van der Waals surface area contributed by atoms with Gasteiger partial charge in [-0.3, -0.25) is 0 Å². The fraction of sp³-hybridized carbons (Fsp3) is 0.231. The van der Waals surface area contributed by atoms with Crippen LogP contribution >= 0.6 is 11.6 Å². The number of nitrogens with zero attached hydrogens (tertiary/aromatic N) is 3. The molecular weight excluding hydrogens is 298 g/mol. The van der Waals surface area contributed by atoms with Crippen molar-refractivity contribution >= 4 is 23.4 Å². The lowest BCUT2D eigenvalue weighted by Crippen LogP contribution is -2.05. The molecule has 0 spiro atoms. The van der Waals surface area contributed by atoms with Gasteiger partial charge >= 0.3 is 11.8 Å². The van der Waals surface area contributed by atoms with Crippen molar-refractivity contribution in [2.24, 2.45) is 0 Å². The molecule has 0 saturated carbocycles. The number of halogens is 1. The molecule has 1 heterocycles. The summed E-state index contributed by atoms with van der Waals surface area (Å²) in [6.45, 7) is 1.98. The Hall–Kier alpha value is -2.41. The third-order valence-corrected chi connectivity index (χ3v) is 3.44. The van der Waals surface area contributed by atoms with E-state index in [-0.39, 0.29) is 10.8 Å². The van der Waals surface area contributed by atoms with Crippen LogP contribution in [0.25, 0.3) is 0 Å². The lowest BCUT2D eigenvalue weighted by molar-refractivity contribution is -0.389. The molecule has 0 amide bonds. The summed E-state index contributed by atoms with van der Waals surface area (Å²) in [6.07, 6.45) is 0.